The van der Waals surface area contributed by atoms with Gasteiger partial charge in [-0.1, -0.05) is 45.2 Å². The van der Waals surface area contributed by atoms with E-state index in [1.165, 1.54) is 4.90 Å². The summed E-state index contributed by atoms with van der Waals surface area (Å²) in [5.41, 5.74) is 0. The molecule has 0 bridgehead atoms. The first-order chi connectivity index (χ1) is 13.7. The number of hydrogen-bond acceptors (Lipinski definition) is 6. The van der Waals surface area contributed by atoms with Crippen molar-refractivity contribution in [2.75, 3.05) is 35.0 Å². The molecule has 1 unspecified atom stereocenters. The number of likely N-dealkylation sites (tertiary alicyclic amines) is 1. The molecule has 13 heteroatoms. The number of carbonyl (C=O) groups is 6. The van der Waals surface area contributed by atoms with Gasteiger partial charge in [0, 0.05) is 39.0 Å². The van der Waals surface area contributed by atoms with E-state index in [0.29, 0.717) is 4.90 Å². The molecule has 1 aliphatic rings. The van der Waals surface area contributed by atoms with Crippen molar-refractivity contribution in [1.29, 1.82) is 0 Å². The number of amides is 5. The number of nitrogens with one attached hydrogen (secondary N) is 2. The van der Waals surface area contributed by atoms with Crippen LogP contribution in [-0.2, 0) is 28.8 Å². The molecule has 0 spiro atoms. The van der Waals surface area contributed by atoms with Gasteiger partial charge in [-0.05, 0) is 0 Å². The van der Waals surface area contributed by atoms with Crippen LogP contribution < -0.4 is 10.6 Å². The average molecular weight is 636 g/mol. The van der Waals surface area contributed by atoms with Crippen LogP contribution in [0.15, 0.2) is 0 Å². The number of imide groups is 1. The van der Waals surface area contributed by atoms with Gasteiger partial charge in [-0.2, -0.15) is 0 Å². The van der Waals surface area contributed by atoms with E-state index in [1.807, 2.05) is 45.2 Å². The van der Waals surface area contributed by atoms with Crippen molar-refractivity contribution in [2.45, 2.75) is 25.3 Å². The molecule has 0 saturated carbocycles. The SMILES string of the molecule is O=C(CI)NCCN(CCNC(=O)CI)C(=O)CC(C(=O)O)N1C(=O)CCC1=O. The lowest BCUT2D eigenvalue weighted by atomic mass is 10.1. The first kappa shape index (κ1) is 25.5. The molecular weight excluding hydrogens is 614 g/mol. The molecule has 162 valence electrons. The molecule has 0 aromatic rings. The van der Waals surface area contributed by atoms with Gasteiger partial charge in [0.05, 0.1) is 15.3 Å². The maximum atomic E-state index is 12.7. The monoisotopic (exact) mass is 636 g/mol. The normalized spacial score (nSPS) is 14.5. The number of hydrogen-bond donors (Lipinski definition) is 3. The molecule has 3 N–H and O–H groups in total. The number of rotatable bonds is 12. The van der Waals surface area contributed by atoms with E-state index in [2.05, 4.69) is 10.6 Å². The van der Waals surface area contributed by atoms with Gasteiger partial charge >= 0.3 is 5.97 Å². The highest BCUT2D eigenvalue weighted by Crippen LogP contribution is 2.18. The van der Waals surface area contributed by atoms with Gasteiger partial charge in [-0.3, -0.25) is 28.9 Å². The van der Waals surface area contributed by atoms with Crippen LogP contribution in [-0.4, -0.2) is 91.5 Å². The van der Waals surface area contributed by atoms with Gasteiger partial charge in [-0.25, -0.2) is 4.79 Å². The number of nitrogens with zero attached hydrogens (tertiary/aromatic N) is 2. The van der Waals surface area contributed by atoms with E-state index in [4.69, 9.17) is 0 Å². The Morgan fingerprint density at radius 3 is 1.79 bits per heavy atom. The van der Waals surface area contributed by atoms with Crippen LogP contribution in [0.5, 0.6) is 0 Å². The highest BCUT2D eigenvalue weighted by molar-refractivity contribution is 14.1. The molecule has 0 aromatic carbocycles. The molecule has 1 aliphatic heterocycles. The Morgan fingerprint density at radius 2 is 1.41 bits per heavy atom. The number of halogens is 2. The average Bonchev–Trinajstić information content (AvgIpc) is 3.02. The third-order valence-electron chi connectivity index (χ3n) is 4.06. The molecule has 0 aromatic heterocycles. The lowest BCUT2D eigenvalue weighted by molar-refractivity contribution is -0.156. The topological polar surface area (TPSA) is 153 Å². The van der Waals surface area contributed by atoms with Gasteiger partial charge in [-0.15, -0.1) is 0 Å². The van der Waals surface area contributed by atoms with Crippen LogP contribution >= 0.6 is 45.2 Å². The zero-order valence-electron chi connectivity index (χ0n) is 15.5. The third-order valence-corrected chi connectivity index (χ3v) is 5.44. The quantitative estimate of drug-likeness (QED) is 0.140. The van der Waals surface area contributed by atoms with Crippen molar-refractivity contribution in [3.05, 3.63) is 0 Å². The molecule has 1 atom stereocenters. The van der Waals surface area contributed by atoms with E-state index < -0.39 is 36.2 Å². The molecule has 5 amide bonds. The van der Waals surface area contributed by atoms with Crippen LogP contribution in [0.4, 0.5) is 0 Å². The predicted molar refractivity (Wildman–Crippen MR) is 118 cm³/mol. The summed E-state index contributed by atoms with van der Waals surface area (Å²) >= 11 is 3.78. The summed E-state index contributed by atoms with van der Waals surface area (Å²) in [5, 5.41) is 14.6. The van der Waals surface area contributed by atoms with Gasteiger partial charge in [0.15, 0.2) is 0 Å². The second-order valence-electron chi connectivity index (χ2n) is 6.06. The van der Waals surface area contributed by atoms with Crippen LogP contribution in [0.3, 0.4) is 0 Å². The molecule has 1 rings (SSSR count). The summed E-state index contributed by atoms with van der Waals surface area (Å²) in [6, 6.07) is -1.58. The highest BCUT2D eigenvalue weighted by atomic mass is 127. The number of carboxylic acid groups (broad SMARTS) is 1. The molecule has 1 saturated heterocycles. The summed E-state index contributed by atoms with van der Waals surface area (Å²) in [7, 11) is 0. The third kappa shape index (κ3) is 8.39. The van der Waals surface area contributed by atoms with Crippen molar-refractivity contribution in [2.24, 2.45) is 0 Å². The Labute approximate surface area is 194 Å². The standard InChI is InChI=1S/C16H22I2N4O7/c17-8-11(23)19-3-5-21(6-4-20-12(24)9-18)15(27)7-10(16(28)29)22-13(25)1-2-14(22)26/h10H,1-9H2,(H,19,23)(H,20,24)(H,28,29). The van der Waals surface area contributed by atoms with Crippen molar-refractivity contribution in [1.82, 2.24) is 20.4 Å². The molecule has 1 heterocycles. The van der Waals surface area contributed by atoms with Crippen LogP contribution in [0, 0.1) is 0 Å². The molecule has 11 nitrogen and oxygen atoms in total. The highest BCUT2D eigenvalue weighted by Gasteiger charge is 2.40. The number of alkyl halides is 2. The van der Waals surface area contributed by atoms with Gasteiger partial charge in [0.1, 0.15) is 6.04 Å². The van der Waals surface area contributed by atoms with Gasteiger partial charge in [0.2, 0.25) is 29.5 Å². The molecular formula is C16H22I2N4O7. The Morgan fingerprint density at radius 1 is 0.966 bits per heavy atom. The summed E-state index contributed by atoms with van der Waals surface area (Å²) < 4.78 is 0.495. The number of aliphatic carboxylic acids is 1. The zero-order chi connectivity index (χ0) is 22.0. The van der Waals surface area contributed by atoms with Crippen molar-refractivity contribution in [3.63, 3.8) is 0 Å². The van der Waals surface area contributed by atoms with E-state index in [-0.39, 0.29) is 59.7 Å². The second-order valence-corrected chi connectivity index (χ2v) is 7.59. The fraction of sp³-hybridized carbons (Fsp3) is 0.625. The smallest absolute Gasteiger partial charge is 0.327 e. The first-order valence-corrected chi connectivity index (χ1v) is 11.8. The van der Waals surface area contributed by atoms with Gasteiger partial charge in [0.25, 0.3) is 0 Å². The van der Waals surface area contributed by atoms with E-state index in [9.17, 15) is 33.9 Å². The van der Waals surface area contributed by atoms with Gasteiger partial charge < -0.3 is 20.6 Å². The number of carboxylic acids is 1. The molecule has 1 fully saturated rings. The Hall–Kier alpha value is -1.52. The largest absolute Gasteiger partial charge is 0.480 e. The maximum absolute atomic E-state index is 12.7. The lowest BCUT2D eigenvalue weighted by Crippen LogP contribution is -2.49. The van der Waals surface area contributed by atoms with E-state index >= 15 is 0 Å². The minimum Gasteiger partial charge on any atom is -0.480 e. The van der Waals surface area contributed by atoms with Crippen LogP contribution in [0.1, 0.15) is 19.3 Å². The Bertz CT molecular complexity index is 636. The van der Waals surface area contributed by atoms with E-state index in [0.717, 1.165) is 0 Å². The van der Waals surface area contributed by atoms with Crippen LogP contribution in [0.25, 0.3) is 0 Å². The number of carbonyl (C=O) groups excluding carboxylic acids is 5. The lowest BCUT2D eigenvalue weighted by Gasteiger charge is -2.27. The molecule has 0 aliphatic carbocycles. The maximum Gasteiger partial charge on any atom is 0.327 e. The zero-order valence-corrected chi connectivity index (χ0v) is 19.8. The summed E-state index contributed by atoms with van der Waals surface area (Å²) in [6.45, 7) is 0.478. The summed E-state index contributed by atoms with van der Waals surface area (Å²) in [4.78, 5) is 72.7. The fourth-order valence-corrected chi connectivity index (χ4v) is 3.18. The summed E-state index contributed by atoms with van der Waals surface area (Å²) in [5.74, 6) is -3.72. The fourth-order valence-electron chi connectivity index (χ4n) is 2.64. The molecule has 29 heavy (non-hydrogen) atoms. The van der Waals surface area contributed by atoms with Crippen LogP contribution in [0.2, 0.25) is 0 Å². The minimum atomic E-state index is -1.58. The second kappa shape index (κ2) is 12.9. The van der Waals surface area contributed by atoms with Crippen molar-refractivity contribution < 1.29 is 33.9 Å². The van der Waals surface area contributed by atoms with Crippen molar-refractivity contribution in [3.8, 4) is 0 Å². The first-order valence-electron chi connectivity index (χ1n) is 8.72. The van der Waals surface area contributed by atoms with E-state index in [1.54, 1.807) is 0 Å². The minimum absolute atomic E-state index is 0.0782. The Kier molecular flexibility index (Phi) is 11.4. The predicted octanol–water partition coefficient (Wildman–Crippen LogP) is -1.09. The summed E-state index contributed by atoms with van der Waals surface area (Å²) in [6.07, 6.45) is -0.732. The molecule has 0 radical (unpaired) electrons. The Balaban J connectivity index is 2.81. The van der Waals surface area contributed by atoms with Crippen molar-refractivity contribution >= 4 is 80.7 Å².